The number of halogens is 2. The third-order valence-corrected chi connectivity index (χ3v) is 5.07. The second-order valence-electron chi connectivity index (χ2n) is 6.60. The van der Waals surface area contributed by atoms with E-state index in [1.54, 1.807) is 29.1 Å². The molecule has 5 nitrogen and oxygen atoms in total. The predicted molar refractivity (Wildman–Crippen MR) is 89.4 cm³/mol. The first kappa shape index (κ1) is 15.6. The molecular formula is C17H18ClFN4O. The van der Waals surface area contributed by atoms with Gasteiger partial charge in [0.05, 0.1) is 13.1 Å². The van der Waals surface area contributed by atoms with Crippen molar-refractivity contribution in [2.24, 2.45) is 11.8 Å². The highest BCUT2D eigenvalue weighted by molar-refractivity contribution is 6.31. The summed E-state index contributed by atoms with van der Waals surface area (Å²) in [7, 11) is 0. The summed E-state index contributed by atoms with van der Waals surface area (Å²) >= 11 is 6.02. The minimum absolute atomic E-state index is 0.0644. The predicted octanol–water partition coefficient (Wildman–Crippen LogP) is 2.61. The van der Waals surface area contributed by atoms with Gasteiger partial charge in [0.1, 0.15) is 5.82 Å². The molecule has 2 aromatic rings. The molecule has 2 heterocycles. The largest absolute Gasteiger partial charge is 0.308 e. The van der Waals surface area contributed by atoms with Crippen LogP contribution in [0.3, 0.4) is 0 Å². The van der Waals surface area contributed by atoms with Gasteiger partial charge in [0.25, 0.3) is 0 Å². The Labute approximate surface area is 144 Å². The molecule has 1 aromatic carbocycles. The molecule has 2 atom stereocenters. The van der Waals surface area contributed by atoms with E-state index in [0.29, 0.717) is 22.9 Å². The minimum Gasteiger partial charge on any atom is -0.308 e. The molecule has 1 aliphatic heterocycles. The van der Waals surface area contributed by atoms with Crippen LogP contribution in [0.25, 0.3) is 0 Å². The van der Waals surface area contributed by atoms with E-state index in [1.807, 2.05) is 0 Å². The molecule has 24 heavy (non-hydrogen) atoms. The van der Waals surface area contributed by atoms with Crippen LogP contribution < -0.4 is 5.32 Å². The van der Waals surface area contributed by atoms with Crippen LogP contribution in [0.15, 0.2) is 30.5 Å². The third kappa shape index (κ3) is 3.30. The van der Waals surface area contributed by atoms with Crippen LogP contribution in [0.5, 0.6) is 0 Å². The number of carbonyl (C=O) groups is 1. The van der Waals surface area contributed by atoms with Crippen LogP contribution in [-0.4, -0.2) is 40.2 Å². The number of rotatable bonds is 5. The number of fused-ring (bicyclic) bond motifs is 1. The van der Waals surface area contributed by atoms with Crippen molar-refractivity contribution < 1.29 is 9.18 Å². The molecule has 7 heteroatoms. The van der Waals surface area contributed by atoms with Gasteiger partial charge >= 0.3 is 0 Å². The summed E-state index contributed by atoms with van der Waals surface area (Å²) < 4.78 is 15.4. The Kier molecular flexibility index (Phi) is 4.02. The number of hydrogen-bond acceptors (Lipinski definition) is 3. The Morgan fingerprint density at radius 1 is 1.33 bits per heavy atom. The Balaban J connectivity index is 1.35. The average molecular weight is 349 g/mol. The fourth-order valence-corrected chi connectivity index (χ4v) is 3.59. The van der Waals surface area contributed by atoms with Gasteiger partial charge in [0.15, 0.2) is 5.82 Å². The summed E-state index contributed by atoms with van der Waals surface area (Å²) in [5, 5.41) is 7.43. The zero-order valence-corrected chi connectivity index (χ0v) is 13.8. The lowest BCUT2D eigenvalue weighted by molar-refractivity contribution is -0.117. The number of anilines is 1. The number of piperidine rings is 1. The Hall–Kier alpha value is -1.92. The van der Waals surface area contributed by atoms with Crippen molar-refractivity contribution in [2.75, 3.05) is 25.0 Å². The van der Waals surface area contributed by atoms with Gasteiger partial charge in [0.2, 0.25) is 5.91 Å². The van der Waals surface area contributed by atoms with Gasteiger partial charge in [-0.05, 0) is 30.4 Å². The maximum absolute atomic E-state index is 13.8. The first-order chi connectivity index (χ1) is 11.6. The molecule has 1 N–H and O–H groups in total. The van der Waals surface area contributed by atoms with Crippen LogP contribution in [0.1, 0.15) is 12.0 Å². The number of likely N-dealkylation sites (tertiary alicyclic amines) is 1. The summed E-state index contributed by atoms with van der Waals surface area (Å²) in [6.45, 7) is 2.67. The van der Waals surface area contributed by atoms with Gasteiger partial charge < -0.3 is 5.32 Å². The molecule has 0 radical (unpaired) electrons. The molecule has 0 bridgehead atoms. The number of amides is 1. The molecule has 1 saturated carbocycles. The fourth-order valence-electron chi connectivity index (χ4n) is 3.37. The van der Waals surface area contributed by atoms with E-state index in [4.69, 9.17) is 11.6 Å². The molecule has 1 aliphatic carbocycles. The van der Waals surface area contributed by atoms with Crippen molar-refractivity contribution in [3.63, 3.8) is 0 Å². The molecule has 1 amide bonds. The highest BCUT2D eigenvalue weighted by Gasteiger charge is 2.45. The van der Waals surface area contributed by atoms with E-state index in [0.717, 1.165) is 24.9 Å². The van der Waals surface area contributed by atoms with E-state index < -0.39 is 0 Å². The second-order valence-corrected chi connectivity index (χ2v) is 7.00. The summed E-state index contributed by atoms with van der Waals surface area (Å²) in [5.41, 5.74) is 0.386. The lowest BCUT2D eigenvalue weighted by atomic mass is 10.2. The molecule has 2 aliphatic rings. The van der Waals surface area contributed by atoms with Crippen molar-refractivity contribution in [2.45, 2.75) is 13.0 Å². The van der Waals surface area contributed by atoms with Crippen LogP contribution in [0, 0.1) is 17.7 Å². The lowest BCUT2D eigenvalue weighted by Crippen LogP contribution is -2.32. The third-order valence-electron chi connectivity index (χ3n) is 4.71. The van der Waals surface area contributed by atoms with Crippen molar-refractivity contribution in [3.8, 4) is 0 Å². The van der Waals surface area contributed by atoms with Gasteiger partial charge in [-0.25, -0.2) is 4.39 Å². The first-order valence-corrected chi connectivity index (χ1v) is 8.45. The van der Waals surface area contributed by atoms with Gasteiger partial charge in [-0.1, -0.05) is 17.7 Å². The van der Waals surface area contributed by atoms with Crippen molar-refractivity contribution in [1.82, 2.24) is 14.7 Å². The van der Waals surface area contributed by atoms with Crippen LogP contribution in [0.4, 0.5) is 10.2 Å². The summed E-state index contributed by atoms with van der Waals surface area (Å²) in [6, 6.07) is 6.28. The van der Waals surface area contributed by atoms with E-state index >= 15 is 0 Å². The summed E-state index contributed by atoms with van der Waals surface area (Å²) in [4.78, 5) is 14.3. The molecule has 2 unspecified atom stereocenters. The first-order valence-electron chi connectivity index (χ1n) is 8.07. The monoisotopic (exact) mass is 348 g/mol. The fraction of sp³-hybridized carbons (Fsp3) is 0.412. The quantitative estimate of drug-likeness (QED) is 0.903. The molecule has 0 spiro atoms. The van der Waals surface area contributed by atoms with E-state index in [2.05, 4.69) is 15.3 Å². The molecule has 126 valence electrons. The Morgan fingerprint density at radius 3 is 2.88 bits per heavy atom. The van der Waals surface area contributed by atoms with Gasteiger partial charge in [-0.15, -0.1) is 0 Å². The van der Waals surface area contributed by atoms with E-state index in [9.17, 15) is 9.18 Å². The second kappa shape index (κ2) is 6.18. The lowest BCUT2D eigenvalue weighted by Gasteiger charge is -2.15. The molecular weight excluding hydrogens is 331 g/mol. The minimum atomic E-state index is -0.365. The number of nitrogens with one attached hydrogen (secondary N) is 1. The van der Waals surface area contributed by atoms with Crippen LogP contribution >= 0.6 is 11.6 Å². The van der Waals surface area contributed by atoms with Gasteiger partial charge in [-0.3, -0.25) is 14.4 Å². The molecule has 1 saturated heterocycles. The molecule has 1 aromatic heterocycles. The highest BCUT2D eigenvalue weighted by atomic mass is 35.5. The van der Waals surface area contributed by atoms with Crippen molar-refractivity contribution in [1.29, 1.82) is 0 Å². The maximum atomic E-state index is 13.8. The van der Waals surface area contributed by atoms with E-state index in [-0.39, 0.29) is 18.3 Å². The normalized spacial score (nSPS) is 22.4. The van der Waals surface area contributed by atoms with Crippen LogP contribution in [0.2, 0.25) is 5.02 Å². The summed E-state index contributed by atoms with van der Waals surface area (Å²) in [5.74, 6) is 1.66. The zero-order chi connectivity index (χ0) is 16.7. The Morgan fingerprint density at radius 2 is 2.12 bits per heavy atom. The van der Waals surface area contributed by atoms with Crippen molar-refractivity contribution >= 4 is 23.3 Å². The average Bonchev–Trinajstić information content (AvgIpc) is 2.93. The summed E-state index contributed by atoms with van der Waals surface area (Å²) in [6.07, 6.45) is 3.02. The standard InChI is InChI=1S/C17H18ClFN4O/c18-14-2-1-3-15(19)13(14)9-23-5-4-16(21-23)20-17(24)10-22-7-11-6-12(11)8-22/h1-5,11-12H,6-10H2,(H,20,21,24). The smallest absolute Gasteiger partial charge is 0.239 e. The number of hydrogen-bond donors (Lipinski definition) is 1. The number of carbonyl (C=O) groups excluding carboxylic acids is 1. The number of nitrogens with zero attached hydrogens (tertiary/aromatic N) is 3. The highest BCUT2D eigenvalue weighted by Crippen LogP contribution is 2.44. The Bertz CT molecular complexity index is 747. The topological polar surface area (TPSA) is 50.2 Å². The molecule has 2 fully saturated rings. The maximum Gasteiger partial charge on any atom is 0.239 e. The number of aromatic nitrogens is 2. The van der Waals surface area contributed by atoms with Gasteiger partial charge in [-0.2, -0.15) is 5.10 Å². The number of benzene rings is 1. The molecule has 4 rings (SSSR count). The van der Waals surface area contributed by atoms with Crippen molar-refractivity contribution in [3.05, 3.63) is 46.9 Å². The zero-order valence-electron chi connectivity index (χ0n) is 13.1. The van der Waals surface area contributed by atoms with Gasteiger partial charge in [0, 0.05) is 35.9 Å². The van der Waals surface area contributed by atoms with E-state index in [1.165, 1.54) is 12.5 Å². The van der Waals surface area contributed by atoms with Crippen LogP contribution in [-0.2, 0) is 11.3 Å². The SMILES string of the molecule is O=C(CN1CC2CC2C1)Nc1ccn(Cc2c(F)cccc2Cl)n1.